The molecule has 3 aromatic rings. The van der Waals surface area contributed by atoms with E-state index >= 15 is 0 Å². The third kappa shape index (κ3) is 3.98. The lowest BCUT2D eigenvalue weighted by atomic mass is 10.1. The molecule has 1 N–H and O–H groups in total. The van der Waals surface area contributed by atoms with E-state index in [1.165, 1.54) is 23.5 Å². The minimum atomic E-state index is -3.72. The third-order valence-corrected chi connectivity index (χ3v) is 6.45. The molecule has 0 amide bonds. The summed E-state index contributed by atoms with van der Waals surface area (Å²) in [6.45, 7) is 3.82. The maximum atomic E-state index is 13.2. The molecule has 2 aromatic carbocycles. The SMILES string of the molecule is Cc1ccc(S(=O)(=O)N[C@@H](c2ccc(F)cc2)c2cccs2)cc1C. The second-order valence-corrected chi connectivity index (χ2v) is 8.56. The summed E-state index contributed by atoms with van der Waals surface area (Å²) in [4.78, 5) is 1.07. The van der Waals surface area contributed by atoms with E-state index in [0.717, 1.165) is 16.0 Å². The monoisotopic (exact) mass is 375 g/mol. The molecule has 1 atom stereocenters. The van der Waals surface area contributed by atoms with E-state index in [9.17, 15) is 12.8 Å². The van der Waals surface area contributed by atoms with E-state index < -0.39 is 16.1 Å². The molecule has 0 radical (unpaired) electrons. The van der Waals surface area contributed by atoms with Crippen molar-refractivity contribution in [2.24, 2.45) is 0 Å². The lowest BCUT2D eigenvalue weighted by molar-refractivity contribution is 0.573. The van der Waals surface area contributed by atoms with Gasteiger partial charge in [0.1, 0.15) is 5.82 Å². The van der Waals surface area contributed by atoms with E-state index in [0.29, 0.717) is 5.56 Å². The molecule has 6 heteroatoms. The summed E-state index contributed by atoms with van der Waals surface area (Å²) < 4.78 is 41.7. The lowest BCUT2D eigenvalue weighted by Gasteiger charge is -2.18. The highest BCUT2D eigenvalue weighted by molar-refractivity contribution is 7.89. The minimum Gasteiger partial charge on any atom is -0.207 e. The largest absolute Gasteiger partial charge is 0.241 e. The highest BCUT2D eigenvalue weighted by atomic mass is 32.2. The van der Waals surface area contributed by atoms with Crippen LogP contribution in [0, 0.1) is 19.7 Å². The molecule has 25 heavy (non-hydrogen) atoms. The smallest absolute Gasteiger partial charge is 0.207 e. The summed E-state index contributed by atoms with van der Waals surface area (Å²) >= 11 is 1.45. The van der Waals surface area contributed by atoms with Gasteiger partial charge in [0, 0.05) is 4.88 Å². The Labute approximate surface area is 151 Å². The van der Waals surface area contributed by atoms with E-state index in [-0.39, 0.29) is 10.7 Å². The van der Waals surface area contributed by atoms with Crippen LogP contribution in [0.2, 0.25) is 0 Å². The first-order valence-electron chi connectivity index (χ1n) is 7.75. The number of nitrogens with one attached hydrogen (secondary N) is 1. The fourth-order valence-corrected chi connectivity index (χ4v) is 4.67. The number of sulfonamides is 1. The van der Waals surface area contributed by atoms with Gasteiger partial charge in [-0.2, -0.15) is 4.72 Å². The highest BCUT2D eigenvalue weighted by Gasteiger charge is 2.24. The number of aryl methyl sites for hydroxylation is 2. The summed E-state index contributed by atoms with van der Waals surface area (Å²) in [5.41, 5.74) is 2.64. The molecule has 1 heterocycles. The van der Waals surface area contributed by atoms with Crippen molar-refractivity contribution in [1.82, 2.24) is 4.72 Å². The summed E-state index contributed by atoms with van der Waals surface area (Å²) in [5.74, 6) is -0.356. The van der Waals surface area contributed by atoms with Gasteiger partial charge in [0.2, 0.25) is 10.0 Å². The summed E-state index contributed by atoms with van der Waals surface area (Å²) in [5, 5.41) is 1.89. The van der Waals surface area contributed by atoms with E-state index in [4.69, 9.17) is 0 Å². The van der Waals surface area contributed by atoms with E-state index in [1.807, 2.05) is 31.4 Å². The number of rotatable bonds is 5. The van der Waals surface area contributed by atoms with Crippen molar-refractivity contribution in [3.63, 3.8) is 0 Å². The van der Waals surface area contributed by atoms with Crippen molar-refractivity contribution < 1.29 is 12.8 Å². The zero-order valence-electron chi connectivity index (χ0n) is 13.9. The Kier molecular flexibility index (Phi) is 5.03. The van der Waals surface area contributed by atoms with Crippen LogP contribution in [-0.2, 0) is 10.0 Å². The molecule has 0 saturated carbocycles. The van der Waals surface area contributed by atoms with Crippen molar-refractivity contribution >= 4 is 21.4 Å². The molecule has 0 spiro atoms. The van der Waals surface area contributed by atoms with Crippen LogP contribution in [0.3, 0.4) is 0 Å². The summed E-state index contributed by atoms with van der Waals surface area (Å²) in [7, 11) is -3.72. The van der Waals surface area contributed by atoms with Crippen LogP contribution in [0.5, 0.6) is 0 Å². The van der Waals surface area contributed by atoms with Gasteiger partial charge in [-0.1, -0.05) is 24.3 Å². The predicted octanol–water partition coefficient (Wildman–Crippen LogP) is 4.57. The third-order valence-electron chi connectivity index (χ3n) is 4.09. The van der Waals surface area contributed by atoms with Gasteiger partial charge in [0.05, 0.1) is 10.9 Å². The van der Waals surface area contributed by atoms with Gasteiger partial charge in [-0.3, -0.25) is 0 Å². The van der Waals surface area contributed by atoms with E-state index in [1.54, 1.807) is 30.3 Å². The molecular formula is C19H18FNO2S2. The Morgan fingerprint density at radius 1 is 1.00 bits per heavy atom. The Bertz CT molecular complexity index is 965. The van der Waals surface area contributed by atoms with Crippen LogP contribution in [-0.4, -0.2) is 8.42 Å². The Balaban J connectivity index is 1.99. The fraction of sp³-hybridized carbons (Fsp3) is 0.158. The first-order chi connectivity index (χ1) is 11.9. The van der Waals surface area contributed by atoms with Crippen LogP contribution in [0.1, 0.15) is 27.6 Å². The van der Waals surface area contributed by atoms with Crippen molar-refractivity contribution in [3.8, 4) is 0 Å². The van der Waals surface area contributed by atoms with Crippen molar-refractivity contribution in [2.75, 3.05) is 0 Å². The average Bonchev–Trinajstić information content (AvgIpc) is 3.10. The topological polar surface area (TPSA) is 46.2 Å². The predicted molar refractivity (Wildman–Crippen MR) is 98.8 cm³/mol. The molecule has 0 fully saturated rings. The molecule has 0 unspecified atom stereocenters. The number of benzene rings is 2. The molecular weight excluding hydrogens is 357 g/mol. The summed E-state index contributed by atoms with van der Waals surface area (Å²) in [6, 6.07) is 14.1. The van der Waals surface area contributed by atoms with Crippen LogP contribution in [0.25, 0.3) is 0 Å². The molecule has 0 saturated heterocycles. The maximum absolute atomic E-state index is 13.2. The van der Waals surface area contributed by atoms with Crippen molar-refractivity contribution in [2.45, 2.75) is 24.8 Å². The van der Waals surface area contributed by atoms with Crippen molar-refractivity contribution in [1.29, 1.82) is 0 Å². The molecule has 0 bridgehead atoms. The molecule has 130 valence electrons. The Hall–Kier alpha value is -2.02. The number of halogens is 1. The second kappa shape index (κ2) is 7.07. The van der Waals surface area contributed by atoms with Crippen LogP contribution < -0.4 is 4.72 Å². The summed E-state index contributed by atoms with van der Waals surface area (Å²) in [6.07, 6.45) is 0. The van der Waals surface area contributed by atoms with Crippen LogP contribution in [0.4, 0.5) is 4.39 Å². The van der Waals surface area contributed by atoms with Crippen LogP contribution >= 0.6 is 11.3 Å². The van der Waals surface area contributed by atoms with Gasteiger partial charge in [-0.05, 0) is 66.2 Å². The van der Waals surface area contributed by atoms with Crippen LogP contribution in [0.15, 0.2) is 64.9 Å². The Morgan fingerprint density at radius 3 is 2.32 bits per heavy atom. The zero-order valence-corrected chi connectivity index (χ0v) is 15.5. The molecule has 0 aliphatic rings. The van der Waals surface area contributed by atoms with Crippen molar-refractivity contribution in [3.05, 3.63) is 87.4 Å². The van der Waals surface area contributed by atoms with Gasteiger partial charge in [-0.15, -0.1) is 11.3 Å². The molecule has 3 nitrogen and oxygen atoms in total. The second-order valence-electron chi connectivity index (χ2n) is 5.87. The standard InChI is InChI=1S/C19H18FNO2S2/c1-13-5-10-17(12-14(13)2)25(22,23)21-19(18-4-3-11-24-18)15-6-8-16(20)9-7-15/h3-12,19,21H,1-2H3/t19-/m0/s1. The molecule has 1 aromatic heterocycles. The molecule has 0 aliphatic carbocycles. The molecule has 0 aliphatic heterocycles. The quantitative estimate of drug-likeness (QED) is 0.710. The van der Waals surface area contributed by atoms with Gasteiger partial charge in [-0.25, -0.2) is 12.8 Å². The highest BCUT2D eigenvalue weighted by Crippen LogP contribution is 2.28. The van der Waals surface area contributed by atoms with Gasteiger partial charge in [0.15, 0.2) is 0 Å². The molecule has 3 rings (SSSR count). The van der Waals surface area contributed by atoms with Gasteiger partial charge < -0.3 is 0 Å². The number of thiophene rings is 1. The van der Waals surface area contributed by atoms with Gasteiger partial charge >= 0.3 is 0 Å². The maximum Gasteiger partial charge on any atom is 0.241 e. The zero-order chi connectivity index (χ0) is 18.0. The normalized spacial score (nSPS) is 12.9. The first-order valence-corrected chi connectivity index (χ1v) is 10.1. The Morgan fingerprint density at radius 2 is 1.72 bits per heavy atom. The number of hydrogen-bond acceptors (Lipinski definition) is 3. The average molecular weight is 375 g/mol. The number of hydrogen-bond donors (Lipinski definition) is 1. The lowest BCUT2D eigenvalue weighted by Crippen LogP contribution is -2.29. The minimum absolute atomic E-state index is 0.222. The first kappa shape index (κ1) is 17.8. The fourth-order valence-electron chi connectivity index (χ4n) is 2.51. The van der Waals surface area contributed by atoms with Gasteiger partial charge in [0.25, 0.3) is 0 Å². The van der Waals surface area contributed by atoms with E-state index in [2.05, 4.69) is 4.72 Å².